The third kappa shape index (κ3) is 4.66. The Morgan fingerprint density at radius 1 is 1.27 bits per heavy atom. The second-order valence-corrected chi connectivity index (χ2v) is 8.25. The highest BCUT2D eigenvalue weighted by atomic mass is 32.2. The van der Waals surface area contributed by atoms with Crippen LogP contribution < -0.4 is 5.32 Å². The van der Waals surface area contributed by atoms with Crippen LogP contribution in [0.5, 0.6) is 0 Å². The van der Waals surface area contributed by atoms with Crippen molar-refractivity contribution in [2.45, 2.75) is 11.3 Å². The molecule has 0 bridgehead atoms. The zero-order chi connectivity index (χ0) is 18.4. The number of amides is 1. The molecule has 1 N–H and O–H groups in total. The van der Waals surface area contributed by atoms with Crippen LogP contribution in [0.2, 0.25) is 0 Å². The van der Waals surface area contributed by atoms with E-state index in [4.69, 9.17) is 4.74 Å². The van der Waals surface area contributed by atoms with Gasteiger partial charge < -0.3 is 9.64 Å². The topological polar surface area (TPSA) is 58.6 Å². The van der Waals surface area contributed by atoms with Gasteiger partial charge in [0.25, 0.3) is 0 Å². The Balaban J connectivity index is 1.64. The minimum Gasteiger partial charge on any atom is -0.468 e. The molecule has 0 saturated carbocycles. The van der Waals surface area contributed by atoms with Crippen molar-refractivity contribution < 1.29 is 14.3 Å². The van der Waals surface area contributed by atoms with E-state index in [1.165, 1.54) is 12.0 Å². The molecule has 1 saturated heterocycles. The largest absolute Gasteiger partial charge is 0.468 e. The second-order valence-electron chi connectivity index (χ2n) is 5.96. The second kappa shape index (κ2) is 9.21. The van der Waals surface area contributed by atoms with Crippen LogP contribution in [-0.2, 0) is 14.3 Å². The molecule has 1 aromatic carbocycles. The van der Waals surface area contributed by atoms with Gasteiger partial charge in [0.1, 0.15) is 5.25 Å². The first-order valence-electron chi connectivity index (χ1n) is 8.48. The average molecular weight is 391 g/mol. The lowest BCUT2D eigenvalue weighted by molar-refractivity contribution is -0.141. The maximum absolute atomic E-state index is 12.7. The van der Waals surface area contributed by atoms with Crippen molar-refractivity contribution in [2.24, 2.45) is 0 Å². The van der Waals surface area contributed by atoms with Crippen LogP contribution >= 0.6 is 23.1 Å². The van der Waals surface area contributed by atoms with Crippen LogP contribution in [0.25, 0.3) is 0 Å². The first kappa shape index (κ1) is 18.9. The van der Waals surface area contributed by atoms with Gasteiger partial charge in [-0.15, -0.1) is 23.1 Å². The summed E-state index contributed by atoms with van der Waals surface area (Å²) in [4.78, 5) is 27.3. The van der Waals surface area contributed by atoms with Gasteiger partial charge in [-0.2, -0.15) is 0 Å². The van der Waals surface area contributed by atoms with Crippen molar-refractivity contribution >= 4 is 35.0 Å². The number of nitrogens with one attached hydrogen (secondary N) is 1. The molecule has 5 nitrogen and oxygen atoms in total. The van der Waals surface area contributed by atoms with Gasteiger partial charge in [-0.1, -0.05) is 36.4 Å². The number of ether oxygens (including phenoxy) is 1. The molecule has 2 heterocycles. The van der Waals surface area contributed by atoms with Crippen molar-refractivity contribution in [1.82, 2.24) is 10.2 Å². The summed E-state index contributed by atoms with van der Waals surface area (Å²) in [5.41, 5.74) is 1.13. The molecule has 26 heavy (non-hydrogen) atoms. The molecule has 0 radical (unpaired) electrons. The molecule has 2 aromatic rings. The number of rotatable bonds is 6. The Morgan fingerprint density at radius 2 is 2.08 bits per heavy atom. The zero-order valence-electron chi connectivity index (χ0n) is 14.6. The molecule has 7 heteroatoms. The van der Waals surface area contributed by atoms with Gasteiger partial charge in [0.15, 0.2) is 0 Å². The van der Waals surface area contributed by atoms with Crippen molar-refractivity contribution in [3.05, 3.63) is 58.3 Å². The number of carbonyl (C=O) groups excluding carboxylic acids is 2. The third-order valence-electron chi connectivity index (χ3n) is 4.30. The molecule has 1 aliphatic heterocycles. The molecule has 138 valence electrons. The normalized spacial score (nSPS) is 18.3. The highest BCUT2D eigenvalue weighted by Gasteiger charge is 2.29. The highest BCUT2D eigenvalue weighted by molar-refractivity contribution is 8.00. The molecule has 1 amide bonds. The Kier molecular flexibility index (Phi) is 6.71. The van der Waals surface area contributed by atoms with Crippen LogP contribution in [0, 0.1) is 0 Å². The molecule has 3 rings (SSSR count). The number of benzene rings is 1. The van der Waals surface area contributed by atoms with Crippen LogP contribution in [0.3, 0.4) is 0 Å². The average Bonchev–Trinajstić information content (AvgIpc) is 3.23. The SMILES string of the molecule is COC(=O)[C@H]1CN(C(=O)CN[C@@H](c2ccccc2)c2cccs2)CCS1. The molecule has 1 aliphatic rings. The monoisotopic (exact) mass is 390 g/mol. The number of hydrogen-bond acceptors (Lipinski definition) is 6. The third-order valence-corrected chi connectivity index (χ3v) is 6.40. The van der Waals surface area contributed by atoms with E-state index in [0.717, 1.165) is 11.3 Å². The lowest BCUT2D eigenvalue weighted by atomic mass is 10.1. The van der Waals surface area contributed by atoms with Crippen LogP contribution in [0.15, 0.2) is 47.8 Å². The number of methoxy groups -OCH3 is 1. The minimum atomic E-state index is -0.292. The van der Waals surface area contributed by atoms with Crippen LogP contribution in [0.4, 0.5) is 0 Å². The van der Waals surface area contributed by atoms with Crippen LogP contribution in [-0.4, -0.2) is 54.5 Å². The summed E-state index contributed by atoms with van der Waals surface area (Å²) < 4.78 is 4.81. The predicted molar refractivity (Wildman–Crippen MR) is 105 cm³/mol. The molecule has 1 aromatic heterocycles. The first-order valence-corrected chi connectivity index (χ1v) is 10.4. The molecule has 0 unspecified atom stereocenters. The molecular formula is C19H22N2O3S2. The molecule has 0 aliphatic carbocycles. The fourth-order valence-corrected chi connectivity index (χ4v) is 4.89. The Bertz CT molecular complexity index is 722. The highest BCUT2D eigenvalue weighted by Crippen LogP contribution is 2.26. The van der Waals surface area contributed by atoms with E-state index in [0.29, 0.717) is 13.1 Å². The van der Waals surface area contributed by atoms with Gasteiger partial charge in [-0.3, -0.25) is 14.9 Å². The van der Waals surface area contributed by atoms with Gasteiger partial charge in [0.05, 0.1) is 19.7 Å². The maximum Gasteiger partial charge on any atom is 0.320 e. The van der Waals surface area contributed by atoms with Gasteiger partial charge in [0.2, 0.25) is 5.91 Å². The number of hydrogen-bond donors (Lipinski definition) is 1. The fourth-order valence-electron chi connectivity index (χ4n) is 2.93. The standard InChI is InChI=1S/C19H22N2O3S2/c1-24-19(23)16-13-21(9-11-26-16)17(22)12-20-18(15-8-5-10-25-15)14-6-3-2-4-7-14/h2-8,10,16,18,20H,9,11-13H2,1H3/t16-,18+/m1/s1. The van der Waals surface area contributed by atoms with Gasteiger partial charge in [0, 0.05) is 23.7 Å². The zero-order valence-corrected chi connectivity index (χ0v) is 16.2. The van der Waals surface area contributed by atoms with Crippen LogP contribution in [0.1, 0.15) is 16.5 Å². The predicted octanol–water partition coefficient (Wildman–Crippen LogP) is 2.54. The number of carbonyl (C=O) groups is 2. The van der Waals surface area contributed by atoms with Gasteiger partial charge in [-0.25, -0.2) is 0 Å². The summed E-state index contributed by atoms with van der Waals surface area (Å²) in [6.07, 6.45) is 0. The van der Waals surface area contributed by atoms with E-state index < -0.39 is 0 Å². The van der Waals surface area contributed by atoms with Crippen molar-refractivity contribution in [3.8, 4) is 0 Å². The molecule has 2 atom stereocenters. The fraction of sp³-hybridized carbons (Fsp3) is 0.368. The number of esters is 1. The van der Waals surface area contributed by atoms with E-state index in [1.54, 1.807) is 28.0 Å². The van der Waals surface area contributed by atoms with Crippen molar-refractivity contribution in [1.29, 1.82) is 0 Å². The minimum absolute atomic E-state index is 0.0108. The smallest absolute Gasteiger partial charge is 0.320 e. The maximum atomic E-state index is 12.7. The number of nitrogens with zero attached hydrogens (tertiary/aromatic N) is 1. The summed E-state index contributed by atoms with van der Waals surface area (Å²) in [7, 11) is 1.39. The summed E-state index contributed by atoms with van der Waals surface area (Å²) >= 11 is 3.22. The molecular weight excluding hydrogens is 368 g/mol. The summed E-state index contributed by atoms with van der Waals surface area (Å²) in [6, 6.07) is 14.2. The molecule has 1 fully saturated rings. The van der Waals surface area contributed by atoms with E-state index in [-0.39, 0.29) is 29.7 Å². The van der Waals surface area contributed by atoms with E-state index in [1.807, 2.05) is 29.6 Å². The van der Waals surface area contributed by atoms with Gasteiger partial charge >= 0.3 is 5.97 Å². The van der Waals surface area contributed by atoms with E-state index >= 15 is 0 Å². The Labute approximate surface area is 161 Å². The van der Waals surface area contributed by atoms with Crippen molar-refractivity contribution in [2.75, 3.05) is 32.5 Å². The number of thioether (sulfide) groups is 1. The lowest BCUT2D eigenvalue weighted by Crippen LogP contribution is -2.48. The van der Waals surface area contributed by atoms with Crippen molar-refractivity contribution in [3.63, 3.8) is 0 Å². The Hall–Kier alpha value is -1.83. The number of thiophene rings is 1. The summed E-state index contributed by atoms with van der Waals surface area (Å²) in [5, 5.41) is 5.14. The molecule has 0 spiro atoms. The lowest BCUT2D eigenvalue weighted by Gasteiger charge is -2.31. The quantitative estimate of drug-likeness (QED) is 0.768. The van der Waals surface area contributed by atoms with E-state index in [9.17, 15) is 9.59 Å². The van der Waals surface area contributed by atoms with E-state index in [2.05, 4.69) is 23.5 Å². The Morgan fingerprint density at radius 3 is 2.77 bits per heavy atom. The first-order chi connectivity index (χ1) is 12.7. The summed E-state index contributed by atoms with van der Waals surface area (Å²) in [6.45, 7) is 1.30. The van der Waals surface area contributed by atoms with Gasteiger partial charge in [-0.05, 0) is 17.0 Å². The summed E-state index contributed by atoms with van der Waals surface area (Å²) in [5.74, 6) is 0.497.